The van der Waals surface area contributed by atoms with Crippen LogP contribution in [0.4, 0.5) is 0 Å². The van der Waals surface area contributed by atoms with Gasteiger partial charge in [-0.2, -0.15) is 0 Å². The Morgan fingerprint density at radius 1 is 1.09 bits per heavy atom. The summed E-state index contributed by atoms with van der Waals surface area (Å²) in [7, 11) is 0. The van der Waals surface area contributed by atoms with Crippen LogP contribution >= 0.6 is 11.6 Å². The summed E-state index contributed by atoms with van der Waals surface area (Å²) in [5.41, 5.74) is 2.76. The molecule has 0 bridgehead atoms. The molecule has 1 aromatic heterocycles. The molecule has 1 heterocycles. The van der Waals surface area contributed by atoms with Gasteiger partial charge >= 0.3 is 0 Å². The second kappa shape index (κ2) is 7.11. The minimum atomic E-state index is -0.0730. The number of hydrogen-bond acceptors (Lipinski definition) is 2. The maximum absolute atomic E-state index is 12.1. The third kappa shape index (κ3) is 3.99. The lowest BCUT2D eigenvalue weighted by Crippen LogP contribution is -2.25. The molecular weight excluding hydrogens is 310 g/mol. The molecule has 5 heteroatoms. The average molecular weight is 326 g/mol. The molecule has 3 rings (SSSR count). The summed E-state index contributed by atoms with van der Waals surface area (Å²) < 4.78 is 1.89. The van der Waals surface area contributed by atoms with E-state index < -0.39 is 0 Å². The van der Waals surface area contributed by atoms with E-state index in [1.807, 2.05) is 59.3 Å². The minimum Gasteiger partial charge on any atom is -0.352 e. The third-order valence-corrected chi connectivity index (χ3v) is 3.80. The van der Waals surface area contributed by atoms with Crippen molar-refractivity contribution in [2.24, 2.45) is 0 Å². The molecule has 0 saturated carbocycles. The summed E-state index contributed by atoms with van der Waals surface area (Å²) >= 11 is 5.85. The number of imidazole rings is 1. The molecule has 4 nitrogen and oxygen atoms in total. The molecule has 0 aliphatic heterocycles. The lowest BCUT2D eigenvalue weighted by Gasteiger charge is -2.07. The van der Waals surface area contributed by atoms with Gasteiger partial charge in [0, 0.05) is 35.2 Å². The average Bonchev–Trinajstić information content (AvgIpc) is 3.11. The minimum absolute atomic E-state index is 0.0730. The Morgan fingerprint density at radius 3 is 2.48 bits per heavy atom. The maximum Gasteiger partial charge on any atom is 0.251 e. The van der Waals surface area contributed by atoms with Crippen LogP contribution in [0.2, 0.25) is 5.02 Å². The summed E-state index contributed by atoms with van der Waals surface area (Å²) in [5.74, 6) is -0.0730. The van der Waals surface area contributed by atoms with Crippen molar-refractivity contribution in [3.05, 3.63) is 83.4 Å². The van der Waals surface area contributed by atoms with E-state index in [1.165, 1.54) is 0 Å². The highest BCUT2D eigenvalue weighted by Crippen LogP contribution is 2.11. The van der Waals surface area contributed by atoms with Gasteiger partial charge in [0.15, 0.2) is 0 Å². The Hall–Kier alpha value is -2.59. The number of nitrogens with zero attached hydrogens (tertiary/aromatic N) is 2. The zero-order valence-corrected chi connectivity index (χ0v) is 13.2. The number of aromatic nitrogens is 2. The van der Waals surface area contributed by atoms with Gasteiger partial charge in [0.2, 0.25) is 0 Å². The van der Waals surface area contributed by atoms with Gasteiger partial charge < -0.3 is 9.88 Å². The highest BCUT2D eigenvalue weighted by Gasteiger charge is 2.05. The molecule has 0 unspecified atom stereocenters. The smallest absolute Gasteiger partial charge is 0.251 e. The van der Waals surface area contributed by atoms with Gasteiger partial charge in [0.05, 0.1) is 6.33 Å². The van der Waals surface area contributed by atoms with Crippen molar-refractivity contribution in [1.29, 1.82) is 0 Å². The SMILES string of the molecule is O=C(NCCc1ccc(Cl)cc1)c1ccc(-n2ccnc2)cc1. The lowest BCUT2D eigenvalue weighted by atomic mass is 10.1. The summed E-state index contributed by atoms with van der Waals surface area (Å²) in [5, 5.41) is 3.64. The summed E-state index contributed by atoms with van der Waals surface area (Å²) in [6, 6.07) is 15.1. The van der Waals surface area contributed by atoms with E-state index in [2.05, 4.69) is 10.3 Å². The highest BCUT2D eigenvalue weighted by atomic mass is 35.5. The van der Waals surface area contributed by atoms with Crippen LogP contribution in [0.15, 0.2) is 67.3 Å². The van der Waals surface area contributed by atoms with Crippen molar-refractivity contribution in [2.75, 3.05) is 6.54 Å². The van der Waals surface area contributed by atoms with Crippen molar-refractivity contribution >= 4 is 17.5 Å². The first kappa shape index (κ1) is 15.3. The van der Waals surface area contributed by atoms with Gasteiger partial charge in [-0.25, -0.2) is 4.98 Å². The number of halogens is 1. The standard InChI is InChI=1S/C18H16ClN3O/c19-16-5-1-14(2-6-16)9-10-21-18(23)15-3-7-17(8-4-15)22-12-11-20-13-22/h1-8,11-13H,9-10H2,(H,21,23). The molecule has 0 fully saturated rings. The molecular formula is C18H16ClN3O. The molecule has 0 aliphatic carbocycles. The number of amides is 1. The molecule has 1 amide bonds. The van der Waals surface area contributed by atoms with Crippen molar-refractivity contribution in [1.82, 2.24) is 14.9 Å². The lowest BCUT2D eigenvalue weighted by molar-refractivity contribution is 0.0954. The quantitative estimate of drug-likeness (QED) is 0.780. The second-order valence-electron chi connectivity index (χ2n) is 5.15. The molecule has 0 radical (unpaired) electrons. The molecule has 0 atom stereocenters. The topological polar surface area (TPSA) is 46.9 Å². The van der Waals surface area contributed by atoms with Crippen LogP contribution in [-0.4, -0.2) is 22.0 Å². The number of hydrogen-bond donors (Lipinski definition) is 1. The third-order valence-electron chi connectivity index (χ3n) is 3.54. The molecule has 0 aliphatic rings. The van der Waals surface area contributed by atoms with Gasteiger partial charge in [0.25, 0.3) is 5.91 Å². The van der Waals surface area contributed by atoms with E-state index in [-0.39, 0.29) is 5.91 Å². The molecule has 2 aromatic carbocycles. The van der Waals surface area contributed by atoms with Gasteiger partial charge in [0.1, 0.15) is 0 Å². The Labute approximate surface area is 139 Å². The predicted octanol–water partition coefficient (Wildman–Crippen LogP) is 3.50. The van der Waals surface area contributed by atoms with Crippen LogP contribution in [0, 0.1) is 0 Å². The number of carbonyl (C=O) groups is 1. The maximum atomic E-state index is 12.1. The zero-order chi connectivity index (χ0) is 16.1. The summed E-state index contributed by atoms with van der Waals surface area (Å²) in [6.07, 6.45) is 6.08. The van der Waals surface area contributed by atoms with Gasteiger partial charge in [-0.1, -0.05) is 23.7 Å². The largest absolute Gasteiger partial charge is 0.352 e. The van der Waals surface area contributed by atoms with Crippen LogP contribution in [0.5, 0.6) is 0 Å². The van der Waals surface area contributed by atoms with E-state index in [1.54, 1.807) is 12.5 Å². The van der Waals surface area contributed by atoms with E-state index in [9.17, 15) is 4.79 Å². The zero-order valence-electron chi connectivity index (χ0n) is 12.4. The fourth-order valence-electron chi connectivity index (χ4n) is 2.27. The number of nitrogens with one attached hydrogen (secondary N) is 1. The fourth-order valence-corrected chi connectivity index (χ4v) is 2.40. The van der Waals surface area contributed by atoms with Crippen LogP contribution in [-0.2, 0) is 6.42 Å². The van der Waals surface area contributed by atoms with E-state index in [0.29, 0.717) is 12.1 Å². The Bertz CT molecular complexity index is 765. The van der Waals surface area contributed by atoms with E-state index in [4.69, 9.17) is 11.6 Å². The number of carbonyl (C=O) groups excluding carboxylic acids is 1. The van der Waals surface area contributed by atoms with Gasteiger partial charge in [-0.15, -0.1) is 0 Å². The van der Waals surface area contributed by atoms with Crippen molar-refractivity contribution < 1.29 is 4.79 Å². The summed E-state index contributed by atoms with van der Waals surface area (Å²) in [6.45, 7) is 0.587. The van der Waals surface area contributed by atoms with Crippen LogP contribution in [0.25, 0.3) is 5.69 Å². The van der Waals surface area contributed by atoms with Crippen molar-refractivity contribution in [3.63, 3.8) is 0 Å². The first-order valence-corrected chi connectivity index (χ1v) is 7.71. The van der Waals surface area contributed by atoms with Gasteiger partial charge in [-0.05, 0) is 48.4 Å². The fraction of sp³-hybridized carbons (Fsp3) is 0.111. The molecule has 0 spiro atoms. The molecule has 3 aromatic rings. The van der Waals surface area contributed by atoms with Crippen molar-refractivity contribution in [3.8, 4) is 5.69 Å². The van der Waals surface area contributed by atoms with E-state index in [0.717, 1.165) is 22.7 Å². The van der Waals surface area contributed by atoms with Crippen molar-refractivity contribution in [2.45, 2.75) is 6.42 Å². The van der Waals surface area contributed by atoms with Gasteiger partial charge in [-0.3, -0.25) is 4.79 Å². The van der Waals surface area contributed by atoms with Crippen LogP contribution in [0.3, 0.4) is 0 Å². The van der Waals surface area contributed by atoms with Crippen LogP contribution < -0.4 is 5.32 Å². The first-order valence-electron chi connectivity index (χ1n) is 7.33. The van der Waals surface area contributed by atoms with E-state index >= 15 is 0 Å². The molecule has 116 valence electrons. The summed E-state index contributed by atoms with van der Waals surface area (Å²) in [4.78, 5) is 16.1. The molecule has 23 heavy (non-hydrogen) atoms. The number of benzene rings is 2. The Balaban J connectivity index is 1.55. The Morgan fingerprint density at radius 2 is 1.83 bits per heavy atom. The monoisotopic (exact) mass is 325 g/mol. The highest BCUT2D eigenvalue weighted by molar-refractivity contribution is 6.30. The number of rotatable bonds is 5. The van der Waals surface area contributed by atoms with Crippen LogP contribution in [0.1, 0.15) is 15.9 Å². The predicted molar refractivity (Wildman–Crippen MR) is 91.1 cm³/mol. The first-order chi connectivity index (χ1) is 11.2. The molecule has 1 N–H and O–H groups in total. The second-order valence-corrected chi connectivity index (χ2v) is 5.59. The normalized spacial score (nSPS) is 10.5. The Kier molecular flexibility index (Phi) is 4.74. The molecule has 0 saturated heterocycles.